The van der Waals surface area contributed by atoms with E-state index in [9.17, 15) is 15.0 Å². The van der Waals surface area contributed by atoms with Gasteiger partial charge < -0.3 is 24.8 Å². The Morgan fingerprint density at radius 2 is 1.68 bits per heavy atom. The Morgan fingerprint density at radius 1 is 0.971 bits per heavy atom. The van der Waals surface area contributed by atoms with Gasteiger partial charge in [0, 0.05) is 30.0 Å². The number of hydrogen-bond acceptors (Lipinski definition) is 4. The second-order valence-corrected chi connectivity index (χ2v) is 8.59. The van der Waals surface area contributed by atoms with E-state index in [1.165, 1.54) is 0 Å². The van der Waals surface area contributed by atoms with E-state index in [-0.39, 0.29) is 18.3 Å². The zero-order chi connectivity index (χ0) is 23.9. The van der Waals surface area contributed by atoms with E-state index in [1.54, 1.807) is 6.07 Å². The molecule has 3 aromatic carbocycles. The number of benzene rings is 3. The normalized spacial score (nSPS) is 13.0. The quantitative estimate of drug-likeness (QED) is 0.311. The van der Waals surface area contributed by atoms with Gasteiger partial charge in [0.15, 0.2) is 0 Å². The van der Waals surface area contributed by atoms with Crippen molar-refractivity contribution in [3.63, 3.8) is 0 Å². The van der Waals surface area contributed by atoms with E-state index < -0.39 is 12.1 Å². The van der Waals surface area contributed by atoms with Crippen molar-refractivity contribution in [2.24, 2.45) is 0 Å². The topological polar surface area (TPSA) is 83.7 Å². The summed E-state index contributed by atoms with van der Waals surface area (Å²) in [5.74, 6) is -0.196. The number of para-hydroxylation sites is 1. The number of ether oxygens (including phenoxy) is 1. The van der Waals surface area contributed by atoms with Crippen molar-refractivity contribution >= 4 is 16.9 Å². The Balaban J connectivity index is 1.38. The first-order chi connectivity index (χ1) is 16.5. The molecule has 34 heavy (non-hydrogen) atoms. The average molecular weight is 459 g/mol. The number of carbonyl (C=O) groups is 1. The van der Waals surface area contributed by atoms with Crippen LogP contribution in [0.4, 0.5) is 0 Å². The number of carboxylic acids is 1. The van der Waals surface area contributed by atoms with Crippen molar-refractivity contribution in [1.29, 1.82) is 0 Å². The first kappa shape index (κ1) is 23.5. The molecule has 0 radical (unpaired) electrons. The molecule has 0 bridgehead atoms. The highest BCUT2D eigenvalue weighted by molar-refractivity contribution is 5.95. The van der Waals surface area contributed by atoms with Crippen LogP contribution in [-0.4, -0.2) is 46.0 Å². The Labute approximate surface area is 199 Å². The summed E-state index contributed by atoms with van der Waals surface area (Å²) >= 11 is 0. The number of carboxylic acid groups (broad SMARTS) is 1. The van der Waals surface area contributed by atoms with E-state index in [0.29, 0.717) is 13.1 Å². The van der Waals surface area contributed by atoms with Crippen LogP contribution in [0.15, 0.2) is 84.9 Å². The van der Waals surface area contributed by atoms with Crippen molar-refractivity contribution in [2.75, 3.05) is 13.2 Å². The SMILES string of the molecule is C[C@H](Cc1ccc2c(c1)cc(C(=O)O)n2Cc1ccccc1)NC[C@H](O)COc1ccccc1. The third kappa shape index (κ3) is 6.04. The van der Waals surface area contributed by atoms with Gasteiger partial charge in [0.25, 0.3) is 0 Å². The molecule has 4 rings (SSSR count). The van der Waals surface area contributed by atoms with Gasteiger partial charge in [0.05, 0.1) is 0 Å². The minimum Gasteiger partial charge on any atom is -0.491 e. The summed E-state index contributed by atoms with van der Waals surface area (Å²) < 4.78 is 7.45. The van der Waals surface area contributed by atoms with Gasteiger partial charge in [-0.2, -0.15) is 0 Å². The van der Waals surface area contributed by atoms with Crippen molar-refractivity contribution in [1.82, 2.24) is 9.88 Å². The Bertz CT molecular complexity index is 1220. The smallest absolute Gasteiger partial charge is 0.352 e. The van der Waals surface area contributed by atoms with E-state index in [2.05, 4.69) is 18.3 Å². The lowest BCUT2D eigenvalue weighted by atomic mass is 10.0. The molecule has 0 aliphatic rings. The summed E-state index contributed by atoms with van der Waals surface area (Å²) in [5.41, 5.74) is 3.35. The summed E-state index contributed by atoms with van der Waals surface area (Å²) in [5, 5.41) is 24.2. The van der Waals surface area contributed by atoms with E-state index in [0.717, 1.165) is 34.2 Å². The highest BCUT2D eigenvalue weighted by atomic mass is 16.5. The standard InChI is InChI=1S/C28H30N2O4/c1-20(29-17-24(31)19-34-25-10-6-3-7-11-25)14-22-12-13-26-23(15-22)16-27(28(32)33)30(26)18-21-8-4-2-5-9-21/h2-13,15-16,20,24,29,31H,14,17-19H2,1H3,(H,32,33)/t20-,24+/m1/s1. The van der Waals surface area contributed by atoms with Gasteiger partial charge in [-0.1, -0.05) is 54.6 Å². The summed E-state index contributed by atoms with van der Waals surface area (Å²) in [4.78, 5) is 11.9. The second-order valence-electron chi connectivity index (χ2n) is 8.59. The van der Waals surface area contributed by atoms with Gasteiger partial charge in [-0.25, -0.2) is 4.79 Å². The van der Waals surface area contributed by atoms with Crippen LogP contribution in [0.2, 0.25) is 0 Å². The van der Waals surface area contributed by atoms with Crippen LogP contribution in [0.1, 0.15) is 28.5 Å². The molecule has 6 heteroatoms. The maximum absolute atomic E-state index is 11.9. The maximum atomic E-state index is 11.9. The van der Waals surface area contributed by atoms with Gasteiger partial charge in [-0.3, -0.25) is 0 Å². The van der Waals surface area contributed by atoms with Crippen molar-refractivity contribution < 1.29 is 19.7 Å². The molecule has 0 aliphatic heterocycles. The minimum absolute atomic E-state index is 0.133. The van der Waals surface area contributed by atoms with Crippen LogP contribution in [-0.2, 0) is 13.0 Å². The summed E-state index contributed by atoms with van der Waals surface area (Å²) in [7, 11) is 0. The number of aromatic carboxylic acids is 1. The van der Waals surface area contributed by atoms with E-state index >= 15 is 0 Å². The minimum atomic E-state index is -0.935. The number of hydrogen-bond donors (Lipinski definition) is 3. The van der Waals surface area contributed by atoms with Gasteiger partial charge in [-0.05, 0) is 54.8 Å². The van der Waals surface area contributed by atoms with Gasteiger partial charge >= 0.3 is 5.97 Å². The first-order valence-corrected chi connectivity index (χ1v) is 11.5. The monoisotopic (exact) mass is 458 g/mol. The summed E-state index contributed by atoms with van der Waals surface area (Å²) in [6, 6.07) is 27.3. The second kappa shape index (κ2) is 11.0. The molecule has 1 aromatic heterocycles. The van der Waals surface area contributed by atoms with E-state index in [1.807, 2.05) is 77.4 Å². The molecule has 4 aromatic rings. The van der Waals surface area contributed by atoms with Crippen LogP contribution in [0.25, 0.3) is 10.9 Å². The summed E-state index contributed by atoms with van der Waals surface area (Å²) in [6.45, 7) is 3.22. The molecule has 1 heterocycles. The molecular weight excluding hydrogens is 428 g/mol. The lowest BCUT2D eigenvalue weighted by Crippen LogP contribution is -2.37. The molecule has 0 saturated heterocycles. The predicted octanol–water partition coefficient (Wildman–Crippen LogP) is 4.35. The largest absolute Gasteiger partial charge is 0.491 e. The lowest BCUT2D eigenvalue weighted by molar-refractivity contribution is 0.0686. The number of aliphatic hydroxyl groups excluding tert-OH is 1. The number of aliphatic hydroxyl groups is 1. The Kier molecular flexibility index (Phi) is 7.62. The number of nitrogens with one attached hydrogen (secondary N) is 1. The molecule has 2 atom stereocenters. The predicted molar refractivity (Wildman–Crippen MR) is 134 cm³/mol. The molecule has 0 fully saturated rings. The van der Waals surface area contributed by atoms with Crippen LogP contribution in [0.3, 0.4) is 0 Å². The van der Waals surface area contributed by atoms with Crippen molar-refractivity contribution in [2.45, 2.75) is 32.0 Å². The molecule has 0 spiro atoms. The number of fused-ring (bicyclic) bond motifs is 1. The molecule has 0 unspecified atom stereocenters. The number of nitrogens with zero attached hydrogens (tertiary/aromatic N) is 1. The molecule has 0 aliphatic carbocycles. The number of aromatic nitrogens is 1. The fourth-order valence-electron chi connectivity index (χ4n) is 4.09. The molecule has 176 valence electrons. The molecule has 6 nitrogen and oxygen atoms in total. The van der Waals surface area contributed by atoms with Crippen molar-refractivity contribution in [3.8, 4) is 5.75 Å². The average Bonchev–Trinajstić information content (AvgIpc) is 3.20. The van der Waals surface area contributed by atoms with Crippen molar-refractivity contribution in [3.05, 3.63) is 102 Å². The van der Waals surface area contributed by atoms with Crippen LogP contribution in [0, 0.1) is 0 Å². The summed E-state index contributed by atoms with van der Waals surface area (Å²) in [6.07, 6.45) is 0.143. The van der Waals surface area contributed by atoms with Crippen LogP contribution >= 0.6 is 0 Å². The molecule has 3 N–H and O–H groups in total. The molecule has 0 saturated carbocycles. The lowest BCUT2D eigenvalue weighted by Gasteiger charge is -2.18. The highest BCUT2D eigenvalue weighted by Gasteiger charge is 2.16. The third-order valence-corrected chi connectivity index (χ3v) is 5.80. The molecular formula is C28H30N2O4. The van der Waals surface area contributed by atoms with Crippen LogP contribution in [0.5, 0.6) is 5.75 Å². The third-order valence-electron chi connectivity index (χ3n) is 5.80. The Morgan fingerprint density at radius 3 is 2.38 bits per heavy atom. The maximum Gasteiger partial charge on any atom is 0.352 e. The Hall–Kier alpha value is -3.61. The van der Waals surface area contributed by atoms with Gasteiger partial charge in [-0.15, -0.1) is 0 Å². The van der Waals surface area contributed by atoms with E-state index in [4.69, 9.17) is 4.74 Å². The first-order valence-electron chi connectivity index (χ1n) is 11.5. The van der Waals surface area contributed by atoms with Crippen LogP contribution < -0.4 is 10.1 Å². The fraction of sp³-hybridized carbons (Fsp3) is 0.250. The van der Waals surface area contributed by atoms with Gasteiger partial charge in [0.2, 0.25) is 0 Å². The molecule has 0 amide bonds. The highest BCUT2D eigenvalue weighted by Crippen LogP contribution is 2.24. The zero-order valence-corrected chi connectivity index (χ0v) is 19.2. The zero-order valence-electron chi connectivity index (χ0n) is 19.2. The number of rotatable bonds is 11. The fourth-order valence-corrected chi connectivity index (χ4v) is 4.09. The van der Waals surface area contributed by atoms with Gasteiger partial charge in [0.1, 0.15) is 24.2 Å².